The Labute approximate surface area is 431 Å². The molecule has 1 atom stereocenters. The summed E-state index contributed by atoms with van der Waals surface area (Å²) in [6.45, 7) is 6.47. The lowest BCUT2D eigenvalue weighted by Gasteiger charge is -2.18. The maximum Gasteiger partial charge on any atom is 0.306 e. The smallest absolute Gasteiger partial charge is 0.306 e. The Hall–Kier alpha value is -3.93. The SMILES string of the molecule is CC/C=C\C/C=C\C/C=C\C/C=C\C/C=C\C/C=C\C/C=C\C/C=C\C/C=C\CCCCCC(=O)OCC(COC(=O)CCCCCCCCCCC)OC(=O)CCCCCCCCCCCCCC. The van der Waals surface area contributed by atoms with Crippen molar-refractivity contribution in [3.05, 3.63) is 109 Å². The Kier molecular flexibility index (Phi) is 54.4. The summed E-state index contributed by atoms with van der Waals surface area (Å²) in [6.07, 6.45) is 78.1. The molecule has 70 heavy (non-hydrogen) atoms. The van der Waals surface area contributed by atoms with Crippen molar-refractivity contribution in [1.29, 1.82) is 0 Å². The molecule has 0 aliphatic carbocycles. The minimum absolute atomic E-state index is 0.0863. The Bertz CT molecular complexity index is 1440. The number of carbonyl (C=O) groups is 3. The van der Waals surface area contributed by atoms with Crippen LogP contribution in [-0.4, -0.2) is 37.2 Å². The average molecular weight is 972 g/mol. The molecule has 0 amide bonds. The molecule has 0 aromatic rings. The number of unbranched alkanes of at least 4 members (excludes halogenated alkanes) is 22. The van der Waals surface area contributed by atoms with E-state index in [1.165, 1.54) is 96.3 Å². The van der Waals surface area contributed by atoms with Gasteiger partial charge in [0, 0.05) is 19.3 Å². The fraction of sp³-hybridized carbons (Fsp3) is 0.672. The van der Waals surface area contributed by atoms with Gasteiger partial charge in [-0.1, -0.05) is 259 Å². The van der Waals surface area contributed by atoms with Crippen LogP contribution in [0.1, 0.15) is 258 Å². The van der Waals surface area contributed by atoms with Crippen molar-refractivity contribution in [3.63, 3.8) is 0 Å². The molecule has 0 fully saturated rings. The summed E-state index contributed by atoms with van der Waals surface area (Å²) in [6, 6.07) is 0. The zero-order valence-corrected chi connectivity index (χ0v) is 45.5. The molecule has 0 aliphatic heterocycles. The molecule has 0 radical (unpaired) electrons. The normalized spacial score (nSPS) is 12.9. The maximum absolute atomic E-state index is 12.8. The monoisotopic (exact) mass is 971 g/mol. The van der Waals surface area contributed by atoms with Gasteiger partial charge in [-0.05, 0) is 89.9 Å². The maximum atomic E-state index is 12.8. The van der Waals surface area contributed by atoms with Crippen LogP contribution in [0.25, 0.3) is 0 Å². The molecule has 1 unspecified atom stereocenters. The molecule has 0 heterocycles. The van der Waals surface area contributed by atoms with E-state index in [1.807, 2.05) is 0 Å². The quantitative estimate of drug-likeness (QED) is 0.0262. The zero-order valence-electron chi connectivity index (χ0n) is 45.5. The predicted octanol–water partition coefficient (Wildman–Crippen LogP) is 19.5. The molecule has 0 spiro atoms. The second kappa shape index (κ2) is 57.6. The first-order valence-corrected chi connectivity index (χ1v) is 28.9. The van der Waals surface area contributed by atoms with Gasteiger partial charge in [-0.3, -0.25) is 14.4 Å². The second-order valence-electron chi connectivity index (χ2n) is 18.8. The van der Waals surface area contributed by atoms with Crippen molar-refractivity contribution < 1.29 is 28.6 Å². The number of hydrogen-bond donors (Lipinski definition) is 0. The molecule has 6 heteroatoms. The molecular weight excluding hydrogens is 865 g/mol. The third-order valence-corrected chi connectivity index (χ3v) is 12.0. The van der Waals surface area contributed by atoms with Crippen molar-refractivity contribution in [2.45, 2.75) is 264 Å². The highest BCUT2D eigenvalue weighted by Crippen LogP contribution is 2.15. The van der Waals surface area contributed by atoms with Crippen LogP contribution in [0.3, 0.4) is 0 Å². The van der Waals surface area contributed by atoms with Gasteiger partial charge in [0.05, 0.1) is 0 Å². The summed E-state index contributed by atoms with van der Waals surface area (Å²) in [5.74, 6) is -0.923. The van der Waals surface area contributed by atoms with E-state index < -0.39 is 6.10 Å². The van der Waals surface area contributed by atoms with Gasteiger partial charge in [0.25, 0.3) is 0 Å². The van der Waals surface area contributed by atoms with Gasteiger partial charge < -0.3 is 14.2 Å². The van der Waals surface area contributed by atoms with Crippen LogP contribution in [0, 0.1) is 0 Å². The van der Waals surface area contributed by atoms with Gasteiger partial charge in [-0.25, -0.2) is 0 Å². The molecule has 0 saturated heterocycles. The zero-order chi connectivity index (χ0) is 50.7. The summed E-state index contributed by atoms with van der Waals surface area (Å²) >= 11 is 0. The lowest BCUT2D eigenvalue weighted by Crippen LogP contribution is -2.30. The van der Waals surface area contributed by atoms with Crippen molar-refractivity contribution in [2.75, 3.05) is 13.2 Å². The topological polar surface area (TPSA) is 78.9 Å². The molecule has 0 aromatic heterocycles. The van der Waals surface area contributed by atoms with E-state index in [0.29, 0.717) is 19.3 Å². The number of carbonyl (C=O) groups excluding carboxylic acids is 3. The van der Waals surface area contributed by atoms with Crippen LogP contribution in [0.2, 0.25) is 0 Å². The van der Waals surface area contributed by atoms with Crippen molar-refractivity contribution in [1.82, 2.24) is 0 Å². The third-order valence-electron chi connectivity index (χ3n) is 12.0. The van der Waals surface area contributed by atoms with Gasteiger partial charge >= 0.3 is 17.9 Å². The summed E-state index contributed by atoms with van der Waals surface area (Å²) in [4.78, 5) is 37.9. The standard InChI is InChI=1S/C64H106O6/c1-4-7-10-13-16-19-21-23-24-25-26-27-28-29-30-31-32-33-34-35-36-37-38-39-40-41-43-45-48-51-54-57-63(66)69-60-61(59-68-62(65)56-53-50-47-44-18-15-12-9-6-3)70-64(67)58-55-52-49-46-42-22-20-17-14-11-8-5-2/h7,10,16,19,23-24,26-27,29-30,32-33,35-36,38-39,41,43,61H,4-6,8-9,11-15,17-18,20-22,25,28,31,34,37,40,42,44-60H2,1-3H3/b10-7-,19-16-,24-23-,27-26-,30-29-,33-32-,36-35-,39-38-,43-41-. The molecule has 0 aromatic carbocycles. The first-order chi connectivity index (χ1) is 34.5. The van der Waals surface area contributed by atoms with E-state index in [-0.39, 0.29) is 31.1 Å². The van der Waals surface area contributed by atoms with E-state index >= 15 is 0 Å². The summed E-state index contributed by atoms with van der Waals surface area (Å²) in [5.41, 5.74) is 0. The van der Waals surface area contributed by atoms with Crippen molar-refractivity contribution in [3.8, 4) is 0 Å². The van der Waals surface area contributed by atoms with E-state index in [9.17, 15) is 14.4 Å². The van der Waals surface area contributed by atoms with E-state index in [0.717, 1.165) is 122 Å². The number of esters is 3. The summed E-state index contributed by atoms with van der Waals surface area (Å²) in [7, 11) is 0. The highest BCUT2D eigenvalue weighted by molar-refractivity contribution is 5.71. The number of hydrogen-bond acceptors (Lipinski definition) is 6. The van der Waals surface area contributed by atoms with Gasteiger partial charge in [-0.15, -0.1) is 0 Å². The molecule has 0 saturated carbocycles. The fourth-order valence-electron chi connectivity index (χ4n) is 7.73. The highest BCUT2D eigenvalue weighted by Gasteiger charge is 2.19. The second-order valence-corrected chi connectivity index (χ2v) is 18.8. The van der Waals surface area contributed by atoms with Crippen LogP contribution in [0.15, 0.2) is 109 Å². The van der Waals surface area contributed by atoms with E-state index in [2.05, 4.69) is 130 Å². The molecular formula is C64H106O6. The lowest BCUT2D eigenvalue weighted by atomic mass is 10.0. The van der Waals surface area contributed by atoms with Gasteiger partial charge in [0.2, 0.25) is 0 Å². The largest absolute Gasteiger partial charge is 0.462 e. The minimum Gasteiger partial charge on any atom is -0.462 e. The molecule has 0 rings (SSSR count). The lowest BCUT2D eigenvalue weighted by molar-refractivity contribution is -0.167. The van der Waals surface area contributed by atoms with Crippen LogP contribution in [-0.2, 0) is 28.6 Å². The third kappa shape index (κ3) is 55.0. The van der Waals surface area contributed by atoms with Crippen molar-refractivity contribution in [2.24, 2.45) is 0 Å². The highest BCUT2D eigenvalue weighted by atomic mass is 16.6. The Morgan fingerprint density at radius 1 is 0.300 bits per heavy atom. The first-order valence-electron chi connectivity index (χ1n) is 28.9. The van der Waals surface area contributed by atoms with Crippen LogP contribution in [0.5, 0.6) is 0 Å². The molecule has 0 aliphatic rings. The molecule has 6 nitrogen and oxygen atoms in total. The predicted molar refractivity (Wildman–Crippen MR) is 302 cm³/mol. The summed E-state index contributed by atoms with van der Waals surface area (Å²) < 4.78 is 16.8. The van der Waals surface area contributed by atoms with E-state index in [4.69, 9.17) is 14.2 Å². The first kappa shape index (κ1) is 66.1. The molecule has 0 bridgehead atoms. The Morgan fingerprint density at radius 2 is 0.557 bits per heavy atom. The van der Waals surface area contributed by atoms with Crippen LogP contribution in [0.4, 0.5) is 0 Å². The number of rotatable bonds is 51. The Balaban J connectivity index is 4.26. The van der Waals surface area contributed by atoms with Gasteiger partial charge in [0.15, 0.2) is 6.10 Å². The van der Waals surface area contributed by atoms with Crippen molar-refractivity contribution >= 4 is 17.9 Å². The average Bonchev–Trinajstić information content (AvgIpc) is 3.36. The Morgan fingerprint density at radius 3 is 0.871 bits per heavy atom. The van der Waals surface area contributed by atoms with Gasteiger partial charge in [0.1, 0.15) is 13.2 Å². The molecule has 398 valence electrons. The van der Waals surface area contributed by atoms with Crippen LogP contribution >= 0.6 is 0 Å². The number of ether oxygens (including phenoxy) is 3. The minimum atomic E-state index is -0.788. The summed E-state index contributed by atoms with van der Waals surface area (Å²) in [5, 5.41) is 0. The van der Waals surface area contributed by atoms with Crippen LogP contribution < -0.4 is 0 Å². The van der Waals surface area contributed by atoms with Gasteiger partial charge in [-0.2, -0.15) is 0 Å². The number of allylic oxidation sites excluding steroid dienone is 18. The van der Waals surface area contributed by atoms with E-state index in [1.54, 1.807) is 0 Å². The fourth-order valence-corrected chi connectivity index (χ4v) is 7.73. The molecule has 0 N–H and O–H groups in total.